The Morgan fingerprint density at radius 3 is 2.08 bits per heavy atom. The van der Waals surface area contributed by atoms with Crippen LogP contribution in [0, 0.1) is 5.92 Å². The zero-order valence-electron chi connectivity index (χ0n) is 19.9. The van der Waals surface area contributed by atoms with E-state index < -0.39 is 0 Å². The molecule has 1 aliphatic carbocycles. The normalized spacial score (nSPS) is 16.3. The summed E-state index contributed by atoms with van der Waals surface area (Å²) < 4.78 is 2.23. The van der Waals surface area contributed by atoms with Crippen LogP contribution in [0.4, 0.5) is 0 Å². The second-order valence-corrected chi connectivity index (χ2v) is 9.41. The fourth-order valence-corrected chi connectivity index (χ4v) is 5.39. The van der Waals surface area contributed by atoms with E-state index >= 15 is 0 Å². The van der Waals surface area contributed by atoms with E-state index in [0.717, 1.165) is 29.4 Å². The molecular weight excluding hydrogens is 442 g/mol. The third-order valence-corrected chi connectivity index (χ3v) is 7.25. The third kappa shape index (κ3) is 4.01. The minimum Gasteiger partial charge on any atom is -0.342 e. The first-order chi connectivity index (χ1) is 17.8. The van der Waals surface area contributed by atoms with Gasteiger partial charge in [0, 0.05) is 34.6 Å². The Bertz CT molecular complexity index is 1480. The Morgan fingerprint density at radius 2 is 1.42 bits per heavy atom. The highest BCUT2D eigenvalue weighted by Crippen LogP contribution is 2.58. The van der Waals surface area contributed by atoms with Crippen LogP contribution in [-0.2, 0) is 16.8 Å². The van der Waals surface area contributed by atoms with Gasteiger partial charge in [0.05, 0.1) is 12.1 Å². The number of amides is 1. The van der Waals surface area contributed by atoms with Gasteiger partial charge >= 0.3 is 0 Å². The lowest BCUT2D eigenvalue weighted by Gasteiger charge is -2.18. The SMILES string of the molecule is O=C(N/N=C/c1cn(Cc2ccccc2)c2ccccc12)C1CC1(c1ccccc1)c1ccccc1. The first-order valence-electron chi connectivity index (χ1n) is 12.3. The van der Waals surface area contributed by atoms with Crippen molar-refractivity contribution < 1.29 is 4.79 Å². The van der Waals surface area contributed by atoms with Crippen molar-refractivity contribution in [3.63, 3.8) is 0 Å². The molecule has 1 amide bonds. The van der Waals surface area contributed by atoms with Gasteiger partial charge in [-0.15, -0.1) is 0 Å². The number of rotatable bonds is 7. The lowest BCUT2D eigenvalue weighted by molar-refractivity contribution is -0.122. The molecule has 1 aromatic heterocycles. The van der Waals surface area contributed by atoms with Crippen molar-refractivity contribution in [2.45, 2.75) is 18.4 Å². The van der Waals surface area contributed by atoms with Crippen molar-refractivity contribution in [3.05, 3.63) is 144 Å². The number of hydrogen-bond donors (Lipinski definition) is 1. The molecule has 5 aromatic rings. The van der Waals surface area contributed by atoms with Crippen molar-refractivity contribution in [3.8, 4) is 0 Å². The summed E-state index contributed by atoms with van der Waals surface area (Å²) in [5.74, 6) is -0.203. The topological polar surface area (TPSA) is 46.4 Å². The van der Waals surface area contributed by atoms with E-state index in [4.69, 9.17) is 0 Å². The summed E-state index contributed by atoms with van der Waals surface area (Å²) >= 11 is 0. The van der Waals surface area contributed by atoms with Crippen molar-refractivity contribution in [2.75, 3.05) is 0 Å². The van der Waals surface area contributed by atoms with Crippen LogP contribution in [0.2, 0.25) is 0 Å². The van der Waals surface area contributed by atoms with Gasteiger partial charge < -0.3 is 4.57 Å². The Balaban J connectivity index is 1.23. The van der Waals surface area contributed by atoms with E-state index in [9.17, 15) is 4.79 Å². The van der Waals surface area contributed by atoms with E-state index in [1.165, 1.54) is 16.7 Å². The molecule has 1 heterocycles. The molecule has 1 atom stereocenters. The van der Waals surface area contributed by atoms with Gasteiger partial charge in [0.25, 0.3) is 0 Å². The van der Waals surface area contributed by atoms with Gasteiger partial charge in [-0.2, -0.15) is 5.10 Å². The van der Waals surface area contributed by atoms with Crippen molar-refractivity contribution >= 4 is 23.0 Å². The fraction of sp³-hybridized carbons (Fsp3) is 0.125. The predicted octanol–water partition coefficient (Wildman–Crippen LogP) is 6.15. The quantitative estimate of drug-likeness (QED) is 0.226. The zero-order valence-corrected chi connectivity index (χ0v) is 19.9. The second-order valence-electron chi connectivity index (χ2n) is 9.41. The zero-order chi connectivity index (χ0) is 24.4. The van der Waals surface area contributed by atoms with Gasteiger partial charge in [-0.1, -0.05) is 109 Å². The van der Waals surface area contributed by atoms with Crippen molar-refractivity contribution in [1.82, 2.24) is 9.99 Å². The highest BCUT2D eigenvalue weighted by molar-refractivity contribution is 6.00. The van der Waals surface area contributed by atoms with E-state index in [1.54, 1.807) is 6.21 Å². The van der Waals surface area contributed by atoms with E-state index in [-0.39, 0.29) is 17.2 Å². The molecule has 0 aliphatic heterocycles. The largest absolute Gasteiger partial charge is 0.342 e. The van der Waals surface area contributed by atoms with Crippen LogP contribution in [0.5, 0.6) is 0 Å². The van der Waals surface area contributed by atoms with Crippen LogP contribution >= 0.6 is 0 Å². The molecule has 0 bridgehead atoms. The summed E-state index contributed by atoms with van der Waals surface area (Å²) in [6, 6.07) is 39.3. The summed E-state index contributed by atoms with van der Waals surface area (Å²) in [6.07, 6.45) is 4.64. The summed E-state index contributed by atoms with van der Waals surface area (Å²) in [5.41, 5.74) is 8.24. The summed E-state index contributed by atoms with van der Waals surface area (Å²) in [5, 5.41) is 5.50. The highest BCUT2D eigenvalue weighted by Gasteiger charge is 2.60. The number of benzene rings is 4. The fourth-order valence-electron chi connectivity index (χ4n) is 5.39. The average molecular weight is 470 g/mol. The van der Waals surface area contributed by atoms with Gasteiger partial charge in [-0.3, -0.25) is 4.79 Å². The molecule has 1 N–H and O–H groups in total. The molecule has 1 unspecified atom stereocenters. The number of aromatic nitrogens is 1. The standard InChI is InChI=1S/C32H27N3O/c36-31(29-20-32(29,26-14-6-2-7-15-26)27-16-8-3-9-17-27)34-33-21-25-23-35(22-24-12-4-1-5-13-24)30-19-11-10-18-28(25)30/h1-19,21,23,29H,20,22H2,(H,34,36)/b33-21+. The number of nitrogens with zero attached hydrogens (tertiary/aromatic N) is 2. The highest BCUT2D eigenvalue weighted by atomic mass is 16.2. The van der Waals surface area contributed by atoms with Crippen LogP contribution in [-0.4, -0.2) is 16.7 Å². The van der Waals surface area contributed by atoms with Crippen LogP contribution in [0.1, 0.15) is 28.7 Å². The molecule has 4 nitrogen and oxygen atoms in total. The number of fused-ring (bicyclic) bond motifs is 1. The maximum atomic E-state index is 13.2. The minimum absolute atomic E-state index is 0.0491. The predicted molar refractivity (Wildman–Crippen MR) is 145 cm³/mol. The maximum absolute atomic E-state index is 13.2. The van der Waals surface area contributed by atoms with Crippen molar-refractivity contribution in [1.29, 1.82) is 0 Å². The molecule has 0 radical (unpaired) electrons. The molecule has 36 heavy (non-hydrogen) atoms. The third-order valence-electron chi connectivity index (χ3n) is 7.25. The van der Waals surface area contributed by atoms with Gasteiger partial charge in [-0.05, 0) is 29.2 Å². The lowest BCUT2D eigenvalue weighted by atomic mass is 9.85. The molecule has 1 saturated carbocycles. The van der Waals surface area contributed by atoms with Crippen LogP contribution in [0.15, 0.2) is 127 Å². The Labute approximate surface area is 210 Å². The molecule has 0 saturated heterocycles. The number of para-hydroxylation sites is 1. The monoisotopic (exact) mass is 469 g/mol. The van der Waals surface area contributed by atoms with Gasteiger partial charge in [0.1, 0.15) is 0 Å². The molecule has 6 rings (SSSR count). The first-order valence-corrected chi connectivity index (χ1v) is 12.3. The van der Waals surface area contributed by atoms with E-state index in [0.29, 0.717) is 0 Å². The molecule has 0 spiro atoms. The smallest absolute Gasteiger partial charge is 0.244 e. The molecule has 1 aliphatic rings. The maximum Gasteiger partial charge on any atom is 0.244 e. The Hall–Kier alpha value is -4.44. The first kappa shape index (κ1) is 22.1. The number of carbonyl (C=O) groups is 1. The molecule has 176 valence electrons. The lowest BCUT2D eigenvalue weighted by Crippen LogP contribution is -2.25. The Morgan fingerprint density at radius 1 is 0.833 bits per heavy atom. The second kappa shape index (κ2) is 9.31. The summed E-state index contributed by atoms with van der Waals surface area (Å²) in [4.78, 5) is 13.2. The number of hydrogen-bond acceptors (Lipinski definition) is 2. The Kier molecular flexibility index (Phi) is 5.70. The van der Waals surface area contributed by atoms with Crippen LogP contribution < -0.4 is 5.43 Å². The van der Waals surface area contributed by atoms with Gasteiger partial charge in [-0.25, -0.2) is 5.43 Å². The number of nitrogens with one attached hydrogen (secondary N) is 1. The number of hydrazone groups is 1. The van der Waals surface area contributed by atoms with E-state index in [1.807, 2.05) is 54.6 Å². The van der Waals surface area contributed by atoms with Crippen LogP contribution in [0.25, 0.3) is 10.9 Å². The number of carbonyl (C=O) groups excluding carboxylic acids is 1. The average Bonchev–Trinajstić information content (AvgIpc) is 3.62. The molecule has 4 aromatic carbocycles. The van der Waals surface area contributed by atoms with E-state index in [2.05, 4.69) is 82.0 Å². The summed E-state index contributed by atoms with van der Waals surface area (Å²) in [7, 11) is 0. The molecular formula is C32H27N3O. The van der Waals surface area contributed by atoms with Gasteiger partial charge in [0.15, 0.2) is 0 Å². The molecule has 4 heteroatoms. The minimum atomic E-state index is -0.298. The summed E-state index contributed by atoms with van der Waals surface area (Å²) in [6.45, 7) is 0.778. The van der Waals surface area contributed by atoms with Gasteiger partial charge in [0.2, 0.25) is 5.91 Å². The van der Waals surface area contributed by atoms with Crippen LogP contribution in [0.3, 0.4) is 0 Å². The van der Waals surface area contributed by atoms with Crippen molar-refractivity contribution in [2.24, 2.45) is 11.0 Å². The molecule has 1 fully saturated rings.